The van der Waals surface area contributed by atoms with Crippen LogP contribution in [0.3, 0.4) is 0 Å². The van der Waals surface area contributed by atoms with Crippen molar-refractivity contribution >= 4 is 39.6 Å². The molecule has 1 atom stereocenters. The van der Waals surface area contributed by atoms with Crippen molar-refractivity contribution in [2.24, 2.45) is 0 Å². The average Bonchev–Trinajstić information content (AvgIpc) is 2.66. The molecular formula is C12H15N3OS2. The topological polar surface area (TPSA) is 70.1 Å². The molecule has 4 nitrogen and oxygen atoms in total. The van der Waals surface area contributed by atoms with Crippen molar-refractivity contribution in [3.63, 3.8) is 0 Å². The zero-order valence-electron chi connectivity index (χ0n) is 10.4. The summed E-state index contributed by atoms with van der Waals surface area (Å²) in [7, 11) is 0. The fourth-order valence-corrected chi connectivity index (χ4v) is 4.14. The Morgan fingerprint density at radius 2 is 2.33 bits per heavy atom. The summed E-state index contributed by atoms with van der Waals surface area (Å²) >= 11 is 3.28. The molecule has 96 valence electrons. The van der Waals surface area contributed by atoms with Gasteiger partial charge in [-0.15, -0.1) is 11.3 Å². The molecule has 1 aliphatic rings. The van der Waals surface area contributed by atoms with E-state index in [9.17, 15) is 10.1 Å². The van der Waals surface area contributed by atoms with Crippen molar-refractivity contribution < 1.29 is 4.79 Å². The van der Waals surface area contributed by atoms with Gasteiger partial charge < -0.3 is 10.6 Å². The molecule has 1 aliphatic heterocycles. The van der Waals surface area contributed by atoms with Gasteiger partial charge in [-0.05, 0) is 0 Å². The molecule has 2 N–H and O–H groups in total. The predicted molar refractivity (Wildman–Crippen MR) is 77.6 cm³/mol. The first-order chi connectivity index (χ1) is 8.54. The Balaban J connectivity index is 2.41. The van der Waals surface area contributed by atoms with Crippen LogP contribution in [0, 0.1) is 11.3 Å². The SMILES string of the molecule is CC(=O)c1sc(N2CCSC(C)C2)c(C#N)c1N. The third-order valence-corrected chi connectivity index (χ3v) is 5.39. The average molecular weight is 281 g/mol. The minimum atomic E-state index is -0.0697. The number of nitrogens with zero attached hydrogens (tertiary/aromatic N) is 2. The van der Waals surface area contributed by atoms with Crippen molar-refractivity contribution in [2.75, 3.05) is 29.5 Å². The van der Waals surface area contributed by atoms with Gasteiger partial charge in [-0.3, -0.25) is 4.79 Å². The van der Waals surface area contributed by atoms with Gasteiger partial charge >= 0.3 is 0 Å². The lowest BCUT2D eigenvalue weighted by Gasteiger charge is -2.31. The molecule has 0 spiro atoms. The summed E-state index contributed by atoms with van der Waals surface area (Å²) in [6, 6.07) is 2.14. The molecule has 1 fully saturated rings. The number of carbonyl (C=O) groups excluding carboxylic acids is 1. The minimum Gasteiger partial charge on any atom is -0.396 e. The highest BCUT2D eigenvalue weighted by molar-refractivity contribution is 8.00. The second kappa shape index (κ2) is 5.21. The Morgan fingerprint density at radius 1 is 1.61 bits per heavy atom. The van der Waals surface area contributed by atoms with Crippen LogP contribution in [0.25, 0.3) is 0 Å². The van der Waals surface area contributed by atoms with Crippen molar-refractivity contribution in [1.29, 1.82) is 5.26 Å². The maximum atomic E-state index is 11.5. The van der Waals surface area contributed by atoms with Crippen LogP contribution in [0.1, 0.15) is 29.1 Å². The van der Waals surface area contributed by atoms with E-state index in [-0.39, 0.29) is 5.78 Å². The van der Waals surface area contributed by atoms with Gasteiger partial charge in [0.2, 0.25) is 0 Å². The first-order valence-electron chi connectivity index (χ1n) is 5.74. The summed E-state index contributed by atoms with van der Waals surface area (Å²) in [5.41, 5.74) is 6.70. The van der Waals surface area contributed by atoms with Crippen LogP contribution in [0.15, 0.2) is 0 Å². The molecule has 0 aromatic carbocycles. The maximum Gasteiger partial charge on any atom is 0.171 e. The molecule has 0 aliphatic carbocycles. The first kappa shape index (κ1) is 13.2. The maximum absolute atomic E-state index is 11.5. The van der Waals surface area contributed by atoms with Crippen molar-refractivity contribution in [2.45, 2.75) is 19.1 Å². The van der Waals surface area contributed by atoms with Gasteiger partial charge in [-0.2, -0.15) is 17.0 Å². The van der Waals surface area contributed by atoms with Crippen molar-refractivity contribution in [3.05, 3.63) is 10.4 Å². The molecule has 0 saturated carbocycles. The zero-order valence-corrected chi connectivity index (χ0v) is 12.0. The van der Waals surface area contributed by atoms with Gasteiger partial charge in [-0.25, -0.2) is 0 Å². The van der Waals surface area contributed by atoms with E-state index in [2.05, 4.69) is 17.9 Å². The summed E-state index contributed by atoms with van der Waals surface area (Å²) in [5, 5.41) is 10.6. The van der Waals surface area contributed by atoms with Crippen LogP contribution in [-0.4, -0.2) is 29.9 Å². The molecule has 0 radical (unpaired) electrons. The number of thiophene rings is 1. The molecular weight excluding hydrogens is 266 g/mol. The van der Waals surface area contributed by atoms with Crippen LogP contribution in [-0.2, 0) is 0 Å². The molecule has 0 amide bonds. The van der Waals surface area contributed by atoms with Crippen LogP contribution in [0.5, 0.6) is 0 Å². The number of anilines is 2. The van der Waals surface area contributed by atoms with E-state index < -0.39 is 0 Å². The molecule has 2 rings (SSSR count). The van der Waals surface area contributed by atoms with E-state index in [1.54, 1.807) is 0 Å². The molecule has 2 heterocycles. The number of nitrogen functional groups attached to an aromatic ring is 1. The second-order valence-electron chi connectivity index (χ2n) is 4.32. The molecule has 6 heteroatoms. The summed E-state index contributed by atoms with van der Waals surface area (Å²) in [4.78, 5) is 14.2. The summed E-state index contributed by atoms with van der Waals surface area (Å²) < 4.78 is 0. The highest BCUT2D eigenvalue weighted by Gasteiger charge is 2.25. The predicted octanol–water partition coefficient (Wildman–Crippen LogP) is 2.35. The number of nitriles is 1. The lowest BCUT2D eigenvalue weighted by Crippen LogP contribution is -2.36. The second-order valence-corrected chi connectivity index (χ2v) is 6.87. The standard InChI is InChI=1S/C12H15N3OS2/c1-7-6-15(3-4-17-7)12-9(5-13)10(14)11(18-12)8(2)16/h7H,3-4,6,14H2,1-2H3. The van der Waals surface area contributed by atoms with E-state index in [4.69, 9.17) is 5.73 Å². The van der Waals surface area contributed by atoms with Gasteiger partial charge in [0.15, 0.2) is 5.78 Å². The van der Waals surface area contributed by atoms with E-state index in [0.29, 0.717) is 21.4 Å². The van der Waals surface area contributed by atoms with E-state index in [1.807, 2.05) is 11.8 Å². The van der Waals surface area contributed by atoms with Crippen LogP contribution in [0.4, 0.5) is 10.7 Å². The molecule has 1 saturated heterocycles. The number of hydrogen-bond donors (Lipinski definition) is 1. The summed E-state index contributed by atoms with van der Waals surface area (Å²) in [6.07, 6.45) is 0. The van der Waals surface area contributed by atoms with Crippen LogP contribution >= 0.6 is 23.1 Å². The van der Waals surface area contributed by atoms with Gasteiger partial charge in [0.1, 0.15) is 16.6 Å². The van der Waals surface area contributed by atoms with Gasteiger partial charge in [0, 0.05) is 31.0 Å². The third kappa shape index (κ3) is 2.33. The molecule has 0 bridgehead atoms. The number of carbonyl (C=O) groups is 1. The lowest BCUT2D eigenvalue weighted by molar-refractivity contribution is 0.102. The lowest BCUT2D eigenvalue weighted by atomic mass is 10.2. The Kier molecular flexibility index (Phi) is 3.83. The van der Waals surface area contributed by atoms with E-state index >= 15 is 0 Å². The molecule has 1 aromatic rings. The normalized spacial score (nSPS) is 19.6. The Labute approximate surface area is 115 Å². The zero-order chi connectivity index (χ0) is 13.3. The van der Waals surface area contributed by atoms with Gasteiger partial charge in [0.05, 0.1) is 10.6 Å². The third-order valence-electron chi connectivity index (χ3n) is 2.89. The quantitative estimate of drug-likeness (QED) is 0.843. The number of hydrogen-bond acceptors (Lipinski definition) is 6. The summed E-state index contributed by atoms with van der Waals surface area (Å²) in [5.74, 6) is 0.971. The Hall–Kier alpha value is -1.19. The Morgan fingerprint density at radius 3 is 2.89 bits per heavy atom. The van der Waals surface area contributed by atoms with Crippen molar-refractivity contribution in [3.8, 4) is 6.07 Å². The fraction of sp³-hybridized carbons (Fsp3) is 0.500. The highest BCUT2D eigenvalue weighted by Crippen LogP contribution is 2.39. The van der Waals surface area contributed by atoms with Gasteiger partial charge in [0.25, 0.3) is 0 Å². The van der Waals surface area contributed by atoms with Gasteiger partial charge in [-0.1, -0.05) is 6.92 Å². The minimum absolute atomic E-state index is 0.0697. The van der Waals surface area contributed by atoms with E-state index in [0.717, 1.165) is 23.8 Å². The van der Waals surface area contributed by atoms with E-state index in [1.165, 1.54) is 18.3 Å². The first-order valence-corrected chi connectivity index (χ1v) is 7.61. The molecule has 1 aromatic heterocycles. The highest BCUT2D eigenvalue weighted by atomic mass is 32.2. The molecule has 18 heavy (non-hydrogen) atoms. The fourth-order valence-electron chi connectivity index (χ4n) is 2.03. The largest absolute Gasteiger partial charge is 0.396 e. The number of nitrogens with two attached hydrogens (primary N) is 1. The smallest absolute Gasteiger partial charge is 0.171 e. The monoisotopic (exact) mass is 281 g/mol. The number of ketones is 1. The number of rotatable bonds is 2. The van der Waals surface area contributed by atoms with Crippen LogP contribution in [0.2, 0.25) is 0 Å². The number of thioether (sulfide) groups is 1. The number of Topliss-reactive ketones (excluding diaryl/α,β-unsaturated/α-hetero) is 1. The Bertz CT molecular complexity index is 518. The van der Waals surface area contributed by atoms with Crippen molar-refractivity contribution in [1.82, 2.24) is 0 Å². The van der Waals surface area contributed by atoms with Crippen LogP contribution < -0.4 is 10.6 Å². The summed E-state index contributed by atoms with van der Waals surface area (Å²) in [6.45, 7) is 5.46. The molecule has 1 unspecified atom stereocenters.